The summed E-state index contributed by atoms with van der Waals surface area (Å²) in [5.41, 5.74) is 0.159. The predicted molar refractivity (Wildman–Crippen MR) is 111 cm³/mol. The van der Waals surface area contributed by atoms with Gasteiger partial charge in [-0.15, -0.1) is 0 Å². The van der Waals surface area contributed by atoms with Gasteiger partial charge in [-0.05, 0) is 43.7 Å². The Morgan fingerprint density at radius 1 is 0.966 bits per heavy atom. The monoisotopic (exact) mass is 443 g/mol. The normalized spacial score (nSPS) is 20.4. The van der Waals surface area contributed by atoms with Crippen LogP contribution < -0.4 is 5.32 Å². The van der Waals surface area contributed by atoms with Gasteiger partial charge in [0.05, 0.1) is 16.7 Å². The Morgan fingerprint density at radius 2 is 1.59 bits per heavy atom. The first-order chi connectivity index (χ1) is 13.7. The topological polar surface area (TPSA) is 104 Å². The minimum absolute atomic E-state index is 0.0475. The van der Waals surface area contributed by atoms with Gasteiger partial charge in [0.15, 0.2) is 0 Å². The molecule has 0 aliphatic carbocycles. The smallest absolute Gasteiger partial charge is 0.252 e. The summed E-state index contributed by atoms with van der Waals surface area (Å²) in [7, 11) is -6.89. The van der Waals surface area contributed by atoms with Crippen LogP contribution >= 0.6 is 0 Å². The molecule has 2 aliphatic heterocycles. The quantitative estimate of drug-likeness (QED) is 0.713. The highest BCUT2D eigenvalue weighted by atomic mass is 32.2. The first kappa shape index (κ1) is 22.2. The Labute approximate surface area is 173 Å². The zero-order chi connectivity index (χ0) is 21.1. The maximum Gasteiger partial charge on any atom is 0.252 e. The summed E-state index contributed by atoms with van der Waals surface area (Å²) in [5.74, 6) is -0.241. The number of nitrogens with zero attached hydrogens (tertiary/aromatic N) is 2. The van der Waals surface area contributed by atoms with Crippen molar-refractivity contribution in [3.8, 4) is 0 Å². The van der Waals surface area contributed by atoms with E-state index in [9.17, 15) is 21.6 Å². The van der Waals surface area contributed by atoms with E-state index in [1.807, 2.05) is 0 Å². The van der Waals surface area contributed by atoms with Crippen LogP contribution in [0.5, 0.6) is 0 Å². The van der Waals surface area contributed by atoms with E-state index in [4.69, 9.17) is 0 Å². The molecule has 1 aromatic carbocycles. The van der Waals surface area contributed by atoms with Gasteiger partial charge in [-0.2, -0.15) is 4.31 Å². The van der Waals surface area contributed by atoms with E-state index in [1.54, 1.807) is 18.2 Å². The molecule has 0 saturated carbocycles. The lowest BCUT2D eigenvalue weighted by atomic mass is 9.98. The van der Waals surface area contributed by atoms with Gasteiger partial charge in [0, 0.05) is 32.7 Å². The van der Waals surface area contributed by atoms with Crippen LogP contribution in [-0.2, 0) is 20.0 Å². The molecule has 0 radical (unpaired) electrons. The largest absolute Gasteiger partial charge is 0.352 e. The Kier molecular flexibility index (Phi) is 6.98. The van der Waals surface area contributed by atoms with E-state index < -0.39 is 26.0 Å². The van der Waals surface area contributed by atoms with Crippen LogP contribution in [0.25, 0.3) is 0 Å². The lowest BCUT2D eigenvalue weighted by molar-refractivity contribution is 0.0938. The van der Waals surface area contributed by atoms with Gasteiger partial charge >= 0.3 is 0 Å². The highest BCUT2D eigenvalue weighted by Gasteiger charge is 2.30. The minimum Gasteiger partial charge on any atom is -0.352 e. The second-order valence-corrected chi connectivity index (χ2v) is 11.7. The van der Waals surface area contributed by atoms with Crippen molar-refractivity contribution in [3.63, 3.8) is 0 Å². The van der Waals surface area contributed by atoms with Crippen LogP contribution in [0, 0.1) is 5.92 Å². The van der Waals surface area contributed by atoms with Gasteiger partial charge in [-0.1, -0.05) is 18.6 Å². The number of benzene rings is 1. The van der Waals surface area contributed by atoms with Gasteiger partial charge in [0.25, 0.3) is 5.91 Å². The number of carbonyl (C=O) groups excluding carboxylic acids is 1. The summed E-state index contributed by atoms with van der Waals surface area (Å²) in [4.78, 5) is 12.8. The van der Waals surface area contributed by atoms with Gasteiger partial charge in [-0.25, -0.2) is 21.1 Å². The predicted octanol–water partition coefficient (Wildman–Crippen LogP) is 1.26. The van der Waals surface area contributed by atoms with E-state index in [0.717, 1.165) is 19.3 Å². The third-order valence-corrected chi connectivity index (χ3v) is 8.92. The van der Waals surface area contributed by atoms with Crippen LogP contribution in [0.15, 0.2) is 29.2 Å². The van der Waals surface area contributed by atoms with Crippen molar-refractivity contribution < 1.29 is 21.6 Å². The molecule has 0 spiro atoms. The van der Waals surface area contributed by atoms with E-state index in [-0.39, 0.29) is 16.4 Å². The lowest BCUT2D eigenvalue weighted by Crippen LogP contribution is -2.41. The first-order valence-corrected chi connectivity index (χ1v) is 13.3. The Hall–Kier alpha value is -1.49. The van der Waals surface area contributed by atoms with Crippen LogP contribution in [-0.4, -0.2) is 70.3 Å². The fourth-order valence-corrected chi connectivity index (χ4v) is 6.48. The van der Waals surface area contributed by atoms with Crippen molar-refractivity contribution in [3.05, 3.63) is 29.8 Å². The summed E-state index contributed by atoms with van der Waals surface area (Å²) in [6, 6.07) is 6.32. The molecule has 162 valence electrons. The number of hydrogen-bond acceptors (Lipinski definition) is 5. The molecule has 10 heteroatoms. The number of carbonyl (C=O) groups is 1. The second-order valence-electron chi connectivity index (χ2n) is 7.78. The van der Waals surface area contributed by atoms with Crippen molar-refractivity contribution >= 4 is 26.0 Å². The zero-order valence-corrected chi connectivity index (χ0v) is 18.3. The Bertz CT molecular complexity index is 932. The number of hydrogen-bond donors (Lipinski definition) is 1. The van der Waals surface area contributed by atoms with E-state index in [0.29, 0.717) is 45.6 Å². The molecule has 2 saturated heterocycles. The molecule has 1 amide bonds. The minimum atomic E-state index is -3.71. The molecule has 3 rings (SSSR count). The fraction of sp³-hybridized carbons (Fsp3) is 0.632. The van der Waals surface area contributed by atoms with E-state index in [2.05, 4.69) is 5.32 Å². The number of rotatable bonds is 6. The van der Waals surface area contributed by atoms with Gasteiger partial charge in [0.1, 0.15) is 0 Å². The number of nitrogens with one attached hydrogen (secondary N) is 1. The summed E-state index contributed by atoms with van der Waals surface area (Å²) >= 11 is 0. The molecule has 0 aromatic heterocycles. The molecular weight excluding hydrogens is 414 g/mol. The van der Waals surface area contributed by atoms with Crippen molar-refractivity contribution in [2.24, 2.45) is 5.92 Å². The molecule has 1 N–H and O–H groups in total. The highest BCUT2D eigenvalue weighted by molar-refractivity contribution is 7.89. The first-order valence-electron chi connectivity index (χ1n) is 10.0. The van der Waals surface area contributed by atoms with Crippen LogP contribution in [0.4, 0.5) is 0 Å². The lowest BCUT2D eigenvalue weighted by Gasteiger charge is -2.30. The summed E-state index contributed by atoms with van der Waals surface area (Å²) < 4.78 is 52.2. The standard InChI is InChI=1S/C19H29N3O5S2/c1-28(24,25)21-13-9-16(10-14-21)15-20-19(23)17-7-3-4-8-18(17)29(26,27)22-11-5-2-6-12-22/h3-4,7-8,16H,2,5-6,9-15H2,1H3,(H,20,23). The molecule has 2 heterocycles. The van der Waals surface area contributed by atoms with Crippen LogP contribution in [0.2, 0.25) is 0 Å². The third-order valence-electron chi connectivity index (χ3n) is 5.66. The van der Waals surface area contributed by atoms with Crippen molar-refractivity contribution in [2.75, 3.05) is 39.0 Å². The SMILES string of the molecule is CS(=O)(=O)N1CCC(CNC(=O)c2ccccc2S(=O)(=O)N2CCCCC2)CC1. The van der Waals surface area contributed by atoms with Gasteiger partial charge < -0.3 is 5.32 Å². The van der Waals surface area contributed by atoms with Gasteiger partial charge in [0.2, 0.25) is 20.0 Å². The molecule has 0 bridgehead atoms. The Balaban J connectivity index is 1.65. The molecule has 2 fully saturated rings. The average Bonchev–Trinajstić information content (AvgIpc) is 2.72. The zero-order valence-electron chi connectivity index (χ0n) is 16.7. The summed E-state index contributed by atoms with van der Waals surface area (Å²) in [5, 5.41) is 2.85. The maximum absolute atomic E-state index is 13.0. The molecule has 2 aliphatic rings. The number of sulfonamides is 2. The molecular formula is C19H29N3O5S2. The molecule has 0 unspecified atom stereocenters. The highest BCUT2D eigenvalue weighted by Crippen LogP contribution is 2.24. The van der Waals surface area contributed by atoms with E-state index in [1.165, 1.54) is 20.9 Å². The third kappa shape index (κ3) is 5.36. The maximum atomic E-state index is 13.0. The molecule has 0 atom stereocenters. The number of amides is 1. The average molecular weight is 444 g/mol. The fourth-order valence-electron chi connectivity index (χ4n) is 3.90. The van der Waals surface area contributed by atoms with Crippen molar-refractivity contribution in [1.82, 2.24) is 13.9 Å². The molecule has 1 aromatic rings. The van der Waals surface area contributed by atoms with Crippen LogP contribution in [0.1, 0.15) is 42.5 Å². The number of piperidine rings is 2. The van der Waals surface area contributed by atoms with E-state index >= 15 is 0 Å². The Morgan fingerprint density at radius 3 is 2.21 bits per heavy atom. The molecule has 8 nitrogen and oxygen atoms in total. The van der Waals surface area contributed by atoms with Gasteiger partial charge in [-0.3, -0.25) is 4.79 Å². The van der Waals surface area contributed by atoms with Crippen molar-refractivity contribution in [1.29, 1.82) is 0 Å². The second kappa shape index (κ2) is 9.11. The summed E-state index contributed by atoms with van der Waals surface area (Å²) in [6.45, 7) is 2.25. The van der Waals surface area contributed by atoms with Crippen molar-refractivity contribution in [2.45, 2.75) is 37.0 Å². The summed E-state index contributed by atoms with van der Waals surface area (Å²) in [6.07, 6.45) is 5.23. The van der Waals surface area contributed by atoms with Crippen LogP contribution in [0.3, 0.4) is 0 Å². The molecule has 29 heavy (non-hydrogen) atoms.